The largest absolute Gasteiger partial charge is 0.508 e. The number of phenolic OH excluding ortho intramolecular Hbond substituents is 3. The molecular weight excluding hydrogens is 1130 g/mol. The minimum Gasteiger partial charge on any atom is -0.508 e. The van der Waals surface area contributed by atoms with Crippen molar-refractivity contribution in [1.82, 2.24) is 0 Å². The van der Waals surface area contributed by atoms with Crippen LogP contribution in [0.2, 0.25) is 0 Å². The summed E-state index contributed by atoms with van der Waals surface area (Å²) in [7, 11) is 4.72. The van der Waals surface area contributed by atoms with Crippen molar-refractivity contribution in [3.8, 4) is 23.0 Å². The van der Waals surface area contributed by atoms with Gasteiger partial charge < -0.3 is 39.7 Å². The molecule has 13 heteroatoms. The van der Waals surface area contributed by atoms with Crippen LogP contribution in [0.3, 0.4) is 0 Å². The average molecular weight is 1230 g/mol. The Morgan fingerprint density at radius 3 is 1.45 bits per heavy atom. The summed E-state index contributed by atoms with van der Waals surface area (Å²) in [5.74, 6) is 8.74. The van der Waals surface area contributed by atoms with E-state index in [2.05, 4.69) is 65.7 Å². The van der Waals surface area contributed by atoms with Gasteiger partial charge in [0.1, 0.15) is 23.0 Å². The van der Waals surface area contributed by atoms with Crippen LogP contribution in [-0.2, 0) is 10.9 Å². The molecule has 0 aliphatic heterocycles. The third-order valence-corrected chi connectivity index (χ3v) is 27.9. The van der Waals surface area contributed by atoms with Gasteiger partial charge in [-0.15, -0.1) is 0 Å². The van der Waals surface area contributed by atoms with Gasteiger partial charge in [-0.1, -0.05) is 65.8 Å². The van der Waals surface area contributed by atoms with E-state index in [9.17, 15) is 45.0 Å². The van der Waals surface area contributed by atoms with Crippen LogP contribution in [0.5, 0.6) is 23.0 Å². The predicted molar refractivity (Wildman–Crippen MR) is 347 cm³/mol. The highest BCUT2D eigenvalue weighted by molar-refractivity contribution is 7.10. The molecule has 24 atom stereocenters. The Morgan fingerprint density at radius 1 is 0.460 bits per heavy atom. The third-order valence-electron chi connectivity index (χ3n) is 27.3. The molecule has 0 bridgehead atoms. The standard InChI is InChI=1S/C19H24O3.C19H26O2.C18H24O3P2.C18H22O3.2H2/c1-10-17-13(7-8-19(2)15(17)5-6-16(19)21)12-4-3-11(20)9-14(12)18(10)22;1-11-9-12-10-13(20)3-4-14(12)15-7-8-19(2)16(18(11)15)5-6-17(19)21;1-18-7-6-12-11-3-2-10(20-22)8-14(11)16(19)9-13(12)15(18)4-5-17(18)21-23;1-18-7-6-12-11-3-2-10(19)8-14(11)16(20)9-13(12)15(18)4-5-17(18)21;;/h3-4,9-10,13,15-17,20-21H,5-8H2,1-2H3;3-4,10-11,15-18,20-21H,5-9H2,1-2H3;2-3,8,12-13,15,17H,4-7,9,22-23H2,1H3;2-3,8,12-13,15,17,19,21H,4-7,9H2,1H3;2*1H/t10-,13?,15?,16-,17?,19?;11-,15?,16?,17+,18?,19?;;12?,13?,15?,17-,18?;;/m01.0../s1/i;;;;2*1+2. The number of hydrogen-bond donors (Lipinski definition) is 6. The molecule has 8 saturated carbocycles. The number of phenols is 3. The summed E-state index contributed by atoms with van der Waals surface area (Å²) >= 11 is 0. The topological polar surface area (TPSA) is 191 Å². The Morgan fingerprint density at radius 2 is 0.885 bits per heavy atom. The molecule has 6 N–H and O–H groups in total. The average Bonchev–Trinajstić information content (AvgIpc) is 1.75. The number of Topliss-reactive ketones (excluding diaryl/α,β-unsaturated/α-hetero) is 3. The number of carbonyl (C=O) groups is 3. The Balaban J connectivity index is 0.000000122. The van der Waals surface area contributed by atoms with Gasteiger partial charge in [0.25, 0.3) is 0 Å². The molecule has 0 amide bonds. The second-order valence-electron chi connectivity index (χ2n) is 30.9. The van der Waals surface area contributed by atoms with E-state index in [1.807, 2.05) is 43.3 Å². The zero-order chi connectivity index (χ0) is 61.4. The molecule has 16 rings (SSSR count). The highest BCUT2D eigenvalue weighted by atomic mass is 31.0. The number of benzene rings is 4. The lowest BCUT2D eigenvalue weighted by Crippen LogP contribution is -2.48. The van der Waals surface area contributed by atoms with E-state index < -0.39 is 0 Å². The first-order chi connectivity index (χ1) is 41.5. The van der Waals surface area contributed by atoms with E-state index in [-0.39, 0.29) is 77.6 Å². The molecule has 0 aromatic heterocycles. The maximum atomic E-state index is 12.8. The van der Waals surface area contributed by atoms with E-state index >= 15 is 0 Å². The maximum absolute atomic E-state index is 12.8. The van der Waals surface area contributed by atoms with Crippen LogP contribution in [0.25, 0.3) is 0 Å². The molecule has 0 saturated heterocycles. The van der Waals surface area contributed by atoms with Crippen molar-refractivity contribution in [2.75, 3.05) is 0 Å². The molecule has 0 spiro atoms. The molecule has 0 heterocycles. The highest BCUT2D eigenvalue weighted by Crippen LogP contribution is 2.66. The zero-order valence-corrected chi connectivity index (χ0v) is 54.4. The van der Waals surface area contributed by atoms with Gasteiger partial charge in [0.2, 0.25) is 0 Å². The smallest absolute Gasteiger partial charge is 0.166 e. The fourth-order valence-corrected chi connectivity index (χ4v) is 23.3. The van der Waals surface area contributed by atoms with Crippen LogP contribution in [0.4, 0.5) is 0 Å². The zero-order valence-electron chi connectivity index (χ0n) is 52.1. The van der Waals surface area contributed by atoms with Gasteiger partial charge in [0.15, 0.2) is 17.3 Å². The summed E-state index contributed by atoms with van der Waals surface area (Å²) in [4.78, 5) is 38.1. The number of aromatic hydroxyl groups is 3. The van der Waals surface area contributed by atoms with E-state index in [1.54, 1.807) is 24.3 Å². The third kappa shape index (κ3) is 10.0. The molecule has 0 radical (unpaired) electrons. The van der Waals surface area contributed by atoms with Gasteiger partial charge in [-0.25, -0.2) is 0 Å². The Bertz CT molecular complexity index is 3340. The first-order valence-electron chi connectivity index (χ1n) is 33.5. The monoisotopic (exact) mass is 1230 g/mol. The molecule has 8 fully saturated rings. The van der Waals surface area contributed by atoms with Crippen molar-refractivity contribution in [3.05, 3.63) is 117 Å². The lowest BCUT2D eigenvalue weighted by molar-refractivity contribution is -0.0356. The van der Waals surface area contributed by atoms with E-state index in [1.165, 1.54) is 42.4 Å². The van der Waals surface area contributed by atoms with Crippen molar-refractivity contribution >= 4 is 36.3 Å². The first kappa shape index (κ1) is 61.6. The van der Waals surface area contributed by atoms with Crippen molar-refractivity contribution < 1.29 is 56.9 Å². The van der Waals surface area contributed by atoms with Crippen LogP contribution in [0.1, 0.15) is 243 Å². The predicted octanol–water partition coefficient (Wildman–Crippen LogP) is 15.6. The number of rotatable bonds is 2. The van der Waals surface area contributed by atoms with Crippen LogP contribution in [0, 0.1) is 80.8 Å². The van der Waals surface area contributed by atoms with Gasteiger partial charge in [-0.05, 0) is 284 Å². The van der Waals surface area contributed by atoms with E-state index in [0.717, 1.165) is 117 Å². The molecule has 12 aliphatic carbocycles. The summed E-state index contributed by atoms with van der Waals surface area (Å²) in [6.07, 6.45) is 19.3. The maximum Gasteiger partial charge on any atom is 0.166 e. The quantitative estimate of drug-likeness (QED) is 0.105. The summed E-state index contributed by atoms with van der Waals surface area (Å²) in [6, 6.07) is 22.6. The molecule has 87 heavy (non-hydrogen) atoms. The normalized spacial score (nSPS) is 42.0. The van der Waals surface area contributed by atoms with Crippen molar-refractivity contribution in [1.29, 1.82) is 0 Å². The summed E-state index contributed by atoms with van der Waals surface area (Å²) in [5.41, 5.74) is 8.97. The lowest BCUT2D eigenvalue weighted by Gasteiger charge is -2.52. The van der Waals surface area contributed by atoms with E-state index in [4.69, 9.17) is 9.05 Å². The SMILES string of the molecule is CC12CCC3c4ccc(O)cc4C(=O)CC3C1CC[C@@H]2O.CC12CCC3c4ccc(OP)cc4C(=O)CC3C1CCC2OP.C[C@@H]1C(=O)c2cc(O)ccc2C2CCC3(C)C(CC[C@@H]3O)C21.C[C@@H]1Cc2cc(O)ccc2C2CCC3(C)C(CC[C@@H]3O)C21.[3HH].[3HH]. The highest BCUT2D eigenvalue weighted by Gasteiger charge is 2.60. The van der Waals surface area contributed by atoms with Gasteiger partial charge >= 0.3 is 0 Å². The minimum atomic E-state index is -0.220. The summed E-state index contributed by atoms with van der Waals surface area (Å²) in [6.45, 7) is 13.5. The van der Waals surface area contributed by atoms with Gasteiger partial charge in [-0.2, -0.15) is 0 Å². The van der Waals surface area contributed by atoms with Crippen LogP contribution in [0.15, 0.2) is 72.8 Å². The van der Waals surface area contributed by atoms with Crippen LogP contribution < -0.4 is 4.52 Å². The molecule has 19 unspecified atom stereocenters. The summed E-state index contributed by atoms with van der Waals surface area (Å²) < 4.78 is 10.9. The fraction of sp³-hybridized carbons (Fsp3) is 0.635. The van der Waals surface area contributed by atoms with Crippen LogP contribution in [-0.4, -0.2) is 72.4 Å². The number of ketones is 3. The second-order valence-corrected chi connectivity index (χ2v) is 31.4. The van der Waals surface area contributed by atoms with E-state index in [0.29, 0.717) is 102 Å². The van der Waals surface area contributed by atoms with Crippen molar-refractivity contribution in [2.24, 2.45) is 80.8 Å². The number of carbonyl (C=O) groups excluding carboxylic acids is 3. The molecule has 11 nitrogen and oxygen atoms in total. The second kappa shape index (κ2) is 23.2. The molecule has 4 aromatic rings. The molecule has 472 valence electrons. The molecule has 4 aromatic carbocycles. The first-order valence-corrected chi connectivity index (χ1v) is 34.5. The van der Waals surface area contributed by atoms with Gasteiger partial charge in [-0.3, -0.25) is 14.4 Å². The number of aliphatic hydroxyl groups excluding tert-OH is 3. The lowest BCUT2D eigenvalue weighted by atomic mass is 9.52. The number of fused-ring (bicyclic) bond motifs is 20. The minimum absolute atomic E-state index is 0. The Kier molecular flexibility index (Phi) is 16.4. The number of hydrogen-bond acceptors (Lipinski definition) is 11. The molecular formula is C74H100O11P2. The van der Waals surface area contributed by atoms with Crippen molar-refractivity contribution in [3.63, 3.8) is 0 Å². The van der Waals surface area contributed by atoms with Gasteiger partial charge in [0.05, 0.1) is 33.9 Å². The van der Waals surface area contributed by atoms with Crippen LogP contribution >= 0.6 is 18.9 Å². The Labute approximate surface area is 523 Å². The van der Waals surface area contributed by atoms with Crippen molar-refractivity contribution in [2.45, 2.75) is 212 Å². The summed E-state index contributed by atoms with van der Waals surface area (Å²) in [5, 5.41) is 60.4. The fourth-order valence-electron chi connectivity index (χ4n) is 22.7. The van der Waals surface area contributed by atoms with Gasteiger partial charge in [0, 0.05) is 47.8 Å². The number of aliphatic hydroxyl groups is 3. The molecule has 12 aliphatic rings. The Hall–Kier alpha value is -4.21.